The number of aromatic hydroxyl groups is 1. The van der Waals surface area contributed by atoms with Crippen LogP contribution in [0.3, 0.4) is 0 Å². The first-order valence-corrected chi connectivity index (χ1v) is 17.9. The fourth-order valence-corrected chi connectivity index (χ4v) is 7.13. The van der Waals surface area contributed by atoms with Crippen LogP contribution in [0.2, 0.25) is 0 Å². The second-order valence-corrected chi connectivity index (χ2v) is 14.5. The van der Waals surface area contributed by atoms with Gasteiger partial charge in [-0.3, -0.25) is 4.57 Å². The molecule has 4 aromatic carbocycles. The third kappa shape index (κ3) is 6.72. The molecule has 0 spiro atoms. The van der Waals surface area contributed by atoms with E-state index in [0.717, 1.165) is 34.8 Å². The Hall–Kier alpha value is -4.90. The molecule has 6 aromatic rings. The summed E-state index contributed by atoms with van der Waals surface area (Å²) in [6.45, 7) is 18.0. The van der Waals surface area contributed by atoms with Crippen LogP contribution in [0.25, 0.3) is 34.2 Å². The molecule has 0 unspecified atom stereocenters. The molecule has 49 heavy (non-hydrogen) atoms. The normalized spacial score (nSPS) is 11.8. The molecule has 0 amide bonds. The summed E-state index contributed by atoms with van der Waals surface area (Å²) in [6.07, 6.45) is 9.55. The van der Waals surface area contributed by atoms with Crippen molar-refractivity contribution in [3.8, 4) is 39.9 Å². The molecule has 2 heterocycles. The molecule has 0 aliphatic carbocycles. The third-order valence-electron chi connectivity index (χ3n) is 9.74. The molecule has 252 valence electrons. The van der Waals surface area contributed by atoms with Crippen LogP contribution in [0.4, 0.5) is 0 Å². The highest BCUT2D eigenvalue weighted by molar-refractivity contribution is 5.69. The highest BCUT2D eigenvalue weighted by Gasteiger charge is 2.25. The number of benzene rings is 4. The predicted octanol–water partition coefficient (Wildman–Crippen LogP) is 10.8. The van der Waals surface area contributed by atoms with Crippen molar-refractivity contribution in [3.05, 3.63) is 137 Å². The lowest BCUT2D eigenvalue weighted by molar-refractivity contribution is -0.583. The van der Waals surface area contributed by atoms with Crippen LogP contribution < -0.4 is 4.57 Å². The number of nitrogens with zero attached hydrogens (tertiary/aromatic N) is 3. The van der Waals surface area contributed by atoms with Crippen LogP contribution in [0.5, 0.6) is 5.75 Å². The number of rotatable bonds is 11. The van der Waals surface area contributed by atoms with E-state index in [1.165, 1.54) is 39.2 Å². The summed E-state index contributed by atoms with van der Waals surface area (Å²) in [5.41, 5.74) is 11.7. The van der Waals surface area contributed by atoms with E-state index in [1.54, 1.807) is 0 Å². The van der Waals surface area contributed by atoms with Crippen molar-refractivity contribution in [2.45, 2.75) is 91.9 Å². The molecular weight excluding hydrogens is 601 g/mol. The van der Waals surface area contributed by atoms with Crippen molar-refractivity contribution in [1.82, 2.24) is 14.5 Å². The molecule has 0 aliphatic rings. The van der Waals surface area contributed by atoms with Gasteiger partial charge in [0.05, 0.1) is 16.8 Å². The summed E-state index contributed by atoms with van der Waals surface area (Å²) in [6, 6.07) is 28.1. The number of imidazole rings is 2. The lowest BCUT2D eigenvalue weighted by atomic mass is 9.92. The summed E-state index contributed by atoms with van der Waals surface area (Å²) in [5, 5.41) is 11.7. The largest absolute Gasteiger partial charge is 0.507 e. The first-order valence-electron chi connectivity index (χ1n) is 17.9. The number of nitrogens with one attached hydrogen (secondary N) is 1. The van der Waals surface area contributed by atoms with Crippen molar-refractivity contribution < 1.29 is 9.67 Å². The Labute approximate surface area is 292 Å². The van der Waals surface area contributed by atoms with E-state index in [9.17, 15) is 5.11 Å². The Morgan fingerprint density at radius 1 is 0.714 bits per heavy atom. The van der Waals surface area contributed by atoms with E-state index in [2.05, 4.69) is 136 Å². The van der Waals surface area contributed by atoms with Gasteiger partial charge in [-0.2, -0.15) is 4.57 Å². The Bertz CT molecular complexity index is 2010. The molecule has 0 saturated heterocycles. The van der Waals surface area contributed by atoms with Gasteiger partial charge in [-0.05, 0) is 77.0 Å². The van der Waals surface area contributed by atoms with Crippen LogP contribution >= 0.6 is 0 Å². The topological polar surface area (TPSA) is 57.7 Å². The van der Waals surface area contributed by atoms with Crippen LogP contribution in [-0.4, -0.2) is 19.6 Å². The number of phenolic OH excluding ortho intramolecular Hbond substituents is 1. The van der Waals surface area contributed by atoms with Crippen molar-refractivity contribution in [3.63, 3.8) is 0 Å². The molecular formula is C44H51N4O+. The molecule has 0 saturated carbocycles. The summed E-state index contributed by atoms with van der Waals surface area (Å²) in [5.74, 6) is 3.63. The highest BCUT2D eigenvalue weighted by Crippen LogP contribution is 2.38. The van der Waals surface area contributed by atoms with Crippen LogP contribution in [0.1, 0.15) is 112 Å². The zero-order chi connectivity index (χ0) is 34.8. The third-order valence-corrected chi connectivity index (χ3v) is 9.74. The average molecular weight is 652 g/mol. The molecule has 2 N–H and O–H groups in total. The Balaban J connectivity index is 1.31. The van der Waals surface area contributed by atoms with Crippen LogP contribution in [0.15, 0.2) is 104 Å². The molecule has 5 heteroatoms. The quantitative estimate of drug-likeness (QED) is 0.137. The molecule has 5 nitrogen and oxygen atoms in total. The maximum absolute atomic E-state index is 11.7. The minimum Gasteiger partial charge on any atom is -0.507 e. The summed E-state index contributed by atoms with van der Waals surface area (Å²) in [4.78, 5) is 8.33. The maximum atomic E-state index is 11.7. The molecule has 2 aromatic heterocycles. The Morgan fingerprint density at radius 2 is 1.31 bits per heavy atom. The zero-order valence-electron chi connectivity index (χ0n) is 30.3. The van der Waals surface area contributed by atoms with Crippen LogP contribution in [0, 0.1) is 0 Å². The number of aromatic amines is 1. The summed E-state index contributed by atoms with van der Waals surface area (Å²) < 4.78 is 4.49. The number of aromatic nitrogens is 4. The predicted molar refractivity (Wildman–Crippen MR) is 202 cm³/mol. The van der Waals surface area contributed by atoms with E-state index >= 15 is 0 Å². The first-order chi connectivity index (χ1) is 23.6. The number of hydrogen-bond acceptors (Lipinski definition) is 2. The fraction of sp³-hybridized carbons (Fsp3) is 0.318. The number of phenols is 1. The van der Waals surface area contributed by atoms with Gasteiger partial charge in [-0.25, -0.2) is 9.97 Å². The van der Waals surface area contributed by atoms with Gasteiger partial charge in [-0.1, -0.05) is 116 Å². The van der Waals surface area contributed by atoms with Gasteiger partial charge in [0.1, 0.15) is 29.7 Å². The van der Waals surface area contributed by atoms with Crippen molar-refractivity contribution in [2.24, 2.45) is 0 Å². The SMILES string of the molecule is CC(C)c1cccc(C(C)C)c1-n1ccnc1-c1cccc(CCc2cccc(-c3[nH]cc[n+]3-c3c(C(C)C)cccc3C(C)C)c2)c1O. The van der Waals surface area contributed by atoms with Crippen molar-refractivity contribution >= 4 is 0 Å². The Kier molecular flexibility index (Phi) is 9.91. The van der Waals surface area contributed by atoms with Gasteiger partial charge >= 0.3 is 0 Å². The molecule has 0 aliphatic heterocycles. The van der Waals surface area contributed by atoms with E-state index in [1.807, 2.05) is 36.8 Å². The lowest BCUT2D eigenvalue weighted by Crippen LogP contribution is -2.34. The fourth-order valence-electron chi connectivity index (χ4n) is 7.13. The molecule has 0 radical (unpaired) electrons. The van der Waals surface area contributed by atoms with Crippen LogP contribution in [-0.2, 0) is 12.8 Å². The Morgan fingerprint density at radius 3 is 1.94 bits per heavy atom. The monoisotopic (exact) mass is 651 g/mol. The zero-order valence-corrected chi connectivity index (χ0v) is 30.3. The maximum Gasteiger partial charge on any atom is 0.291 e. The van der Waals surface area contributed by atoms with E-state index in [4.69, 9.17) is 4.98 Å². The number of H-pyrrole nitrogens is 1. The summed E-state index contributed by atoms with van der Waals surface area (Å²) >= 11 is 0. The smallest absolute Gasteiger partial charge is 0.291 e. The number of aryl methyl sites for hydroxylation is 2. The minimum absolute atomic E-state index is 0.299. The minimum atomic E-state index is 0.299. The summed E-state index contributed by atoms with van der Waals surface area (Å²) in [7, 11) is 0. The number of hydrogen-bond donors (Lipinski definition) is 2. The standard InChI is InChI=1S/C44H50N4O/c1-28(2)35-16-11-17-36(29(3)4)40(35)47-25-23-45-43(47)34-15-9-13-32(27-34)21-22-33-14-10-20-39(42(33)49)44-46-24-26-48(44)41-37(30(5)6)18-12-19-38(41)31(7)8/h9-20,23-31H,21-22H2,1-8H3,(H,46,49)/p+1. The second-order valence-electron chi connectivity index (χ2n) is 14.5. The van der Waals surface area contributed by atoms with Gasteiger partial charge in [0.15, 0.2) is 0 Å². The molecule has 6 rings (SSSR count). The molecule has 0 atom stereocenters. The first kappa shape index (κ1) is 34.0. The van der Waals surface area contributed by atoms with Crippen molar-refractivity contribution in [1.29, 1.82) is 0 Å². The van der Waals surface area contributed by atoms with Gasteiger partial charge in [-0.15, -0.1) is 0 Å². The molecule has 0 bridgehead atoms. The van der Waals surface area contributed by atoms with Gasteiger partial charge in [0.25, 0.3) is 5.82 Å². The van der Waals surface area contributed by atoms with E-state index < -0.39 is 0 Å². The van der Waals surface area contributed by atoms with Gasteiger partial charge in [0, 0.05) is 23.5 Å². The van der Waals surface area contributed by atoms with E-state index in [0.29, 0.717) is 35.8 Å². The molecule has 0 fully saturated rings. The second kappa shape index (κ2) is 14.3. The highest BCUT2D eigenvalue weighted by atomic mass is 16.3. The number of para-hydroxylation sites is 3. The van der Waals surface area contributed by atoms with E-state index in [-0.39, 0.29) is 0 Å². The van der Waals surface area contributed by atoms with Gasteiger partial charge in [0.2, 0.25) is 0 Å². The van der Waals surface area contributed by atoms with Gasteiger partial charge < -0.3 is 5.11 Å². The lowest BCUT2D eigenvalue weighted by Gasteiger charge is -2.22. The van der Waals surface area contributed by atoms with Crippen molar-refractivity contribution in [2.75, 3.05) is 0 Å². The average Bonchev–Trinajstić information content (AvgIpc) is 3.78.